The van der Waals surface area contributed by atoms with E-state index in [0.29, 0.717) is 22.3 Å². The SMILES string of the molecule is C[C@@H]1C[C@H]1C(=O)Nc1nc(-c2cccc(C(F)(F)F)c2)cs1. The predicted octanol–water partition coefficient (Wildman–Crippen LogP) is 4.42. The Bertz CT molecular complexity index is 711. The molecule has 2 atom stereocenters. The van der Waals surface area contributed by atoms with Crippen molar-refractivity contribution in [3.63, 3.8) is 0 Å². The molecule has 116 valence electrons. The molecule has 0 spiro atoms. The number of aromatic nitrogens is 1. The van der Waals surface area contributed by atoms with Crippen molar-refractivity contribution in [1.82, 2.24) is 4.98 Å². The highest BCUT2D eigenvalue weighted by molar-refractivity contribution is 7.14. The molecule has 0 saturated heterocycles. The highest BCUT2D eigenvalue weighted by atomic mass is 32.1. The quantitative estimate of drug-likeness (QED) is 0.907. The van der Waals surface area contributed by atoms with Crippen LogP contribution in [0.15, 0.2) is 29.6 Å². The molecule has 3 rings (SSSR count). The van der Waals surface area contributed by atoms with Gasteiger partial charge in [0, 0.05) is 16.9 Å². The fourth-order valence-corrected chi connectivity index (χ4v) is 2.93. The lowest BCUT2D eigenvalue weighted by Gasteiger charge is -2.07. The van der Waals surface area contributed by atoms with Gasteiger partial charge >= 0.3 is 6.18 Å². The fourth-order valence-electron chi connectivity index (χ4n) is 2.20. The minimum Gasteiger partial charge on any atom is -0.302 e. The third-order valence-corrected chi connectivity index (χ3v) is 4.42. The van der Waals surface area contributed by atoms with E-state index in [-0.39, 0.29) is 11.8 Å². The Morgan fingerprint density at radius 3 is 2.77 bits per heavy atom. The maximum atomic E-state index is 12.7. The lowest BCUT2D eigenvalue weighted by Crippen LogP contribution is -2.14. The molecule has 0 radical (unpaired) electrons. The van der Waals surface area contributed by atoms with Crippen LogP contribution in [0.5, 0.6) is 0 Å². The van der Waals surface area contributed by atoms with Crippen LogP contribution in [-0.2, 0) is 11.0 Å². The number of rotatable bonds is 3. The highest BCUT2D eigenvalue weighted by Crippen LogP contribution is 2.39. The molecule has 0 unspecified atom stereocenters. The fraction of sp³-hybridized carbons (Fsp3) is 0.333. The molecule has 0 bridgehead atoms. The normalized spacial score (nSPS) is 20.7. The smallest absolute Gasteiger partial charge is 0.302 e. The summed E-state index contributed by atoms with van der Waals surface area (Å²) in [6.45, 7) is 2.00. The van der Waals surface area contributed by atoms with E-state index in [1.165, 1.54) is 17.4 Å². The lowest BCUT2D eigenvalue weighted by molar-refractivity contribution is -0.137. The van der Waals surface area contributed by atoms with Gasteiger partial charge in [-0.1, -0.05) is 19.1 Å². The zero-order valence-corrected chi connectivity index (χ0v) is 12.5. The summed E-state index contributed by atoms with van der Waals surface area (Å²) in [4.78, 5) is 16.0. The van der Waals surface area contributed by atoms with Crippen LogP contribution in [-0.4, -0.2) is 10.9 Å². The molecule has 1 saturated carbocycles. The zero-order chi connectivity index (χ0) is 15.9. The number of carbonyl (C=O) groups excluding carboxylic acids is 1. The van der Waals surface area contributed by atoms with Crippen molar-refractivity contribution in [1.29, 1.82) is 0 Å². The van der Waals surface area contributed by atoms with Crippen molar-refractivity contribution in [3.05, 3.63) is 35.2 Å². The topological polar surface area (TPSA) is 42.0 Å². The number of carbonyl (C=O) groups is 1. The maximum absolute atomic E-state index is 12.7. The summed E-state index contributed by atoms with van der Waals surface area (Å²) in [5, 5.41) is 4.77. The molecule has 1 heterocycles. The van der Waals surface area contributed by atoms with Gasteiger partial charge in [-0.3, -0.25) is 4.79 Å². The van der Waals surface area contributed by atoms with Crippen LogP contribution < -0.4 is 5.32 Å². The van der Waals surface area contributed by atoms with Crippen LogP contribution in [0.25, 0.3) is 11.3 Å². The number of hydrogen-bond donors (Lipinski definition) is 1. The Balaban J connectivity index is 1.77. The Labute approximate surface area is 129 Å². The second kappa shape index (κ2) is 5.39. The number of benzene rings is 1. The van der Waals surface area contributed by atoms with E-state index in [1.54, 1.807) is 11.4 Å². The minimum absolute atomic E-state index is 0.0286. The molecular formula is C15H13F3N2OS. The highest BCUT2D eigenvalue weighted by Gasteiger charge is 2.39. The first kappa shape index (κ1) is 15.0. The molecular weight excluding hydrogens is 313 g/mol. The number of hydrogen-bond acceptors (Lipinski definition) is 3. The molecule has 1 aliphatic rings. The second-order valence-corrected chi connectivity index (χ2v) is 6.28. The summed E-state index contributed by atoms with van der Waals surface area (Å²) in [6, 6.07) is 5.00. The molecule has 2 aromatic rings. The van der Waals surface area contributed by atoms with E-state index >= 15 is 0 Å². The molecule has 22 heavy (non-hydrogen) atoms. The largest absolute Gasteiger partial charge is 0.416 e. The van der Waals surface area contributed by atoms with E-state index in [0.717, 1.165) is 18.6 Å². The second-order valence-electron chi connectivity index (χ2n) is 5.43. The van der Waals surface area contributed by atoms with Gasteiger partial charge in [0.1, 0.15) is 0 Å². The number of amides is 1. The summed E-state index contributed by atoms with van der Waals surface area (Å²) in [5.41, 5.74) is 0.0944. The van der Waals surface area contributed by atoms with Crippen molar-refractivity contribution >= 4 is 22.4 Å². The van der Waals surface area contributed by atoms with Gasteiger partial charge in [-0.05, 0) is 24.5 Å². The summed E-state index contributed by atoms with van der Waals surface area (Å²) in [5.74, 6) is 0.348. The number of anilines is 1. The summed E-state index contributed by atoms with van der Waals surface area (Å²) < 4.78 is 38.2. The summed E-state index contributed by atoms with van der Waals surface area (Å²) in [7, 11) is 0. The van der Waals surface area contributed by atoms with Gasteiger partial charge in [0.25, 0.3) is 0 Å². The number of halogens is 3. The summed E-state index contributed by atoms with van der Waals surface area (Å²) >= 11 is 1.21. The van der Waals surface area contributed by atoms with Gasteiger partial charge in [0.15, 0.2) is 5.13 Å². The average Bonchev–Trinajstić information content (AvgIpc) is 3.01. The molecule has 1 amide bonds. The van der Waals surface area contributed by atoms with Crippen LogP contribution in [0.3, 0.4) is 0 Å². The predicted molar refractivity (Wildman–Crippen MR) is 78.5 cm³/mol. The Kier molecular flexibility index (Phi) is 3.68. The van der Waals surface area contributed by atoms with E-state index in [9.17, 15) is 18.0 Å². The Hall–Kier alpha value is -1.89. The summed E-state index contributed by atoms with van der Waals surface area (Å²) in [6.07, 6.45) is -3.51. The van der Waals surface area contributed by atoms with Gasteiger partial charge < -0.3 is 5.32 Å². The van der Waals surface area contributed by atoms with E-state index in [4.69, 9.17) is 0 Å². The van der Waals surface area contributed by atoms with E-state index < -0.39 is 11.7 Å². The first-order chi connectivity index (χ1) is 10.3. The third kappa shape index (κ3) is 3.14. The van der Waals surface area contributed by atoms with Crippen molar-refractivity contribution in [2.45, 2.75) is 19.5 Å². The lowest BCUT2D eigenvalue weighted by atomic mass is 10.1. The molecule has 1 fully saturated rings. The minimum atomic E-state index is -4.38. The van der Waals surface area contributed by atoms with Crippen LogP contribution in [0.2, 0.25) is 0 Å². The van der Waals surface area contributed by atoms with Crippen LogP contribution >= 0.6 is 11.3 Å². The van der Waals surface area contributed by atoms with E-state index in [1.807, 2.05) is 6.92 Å². The number of alkyl halides is 3. The number of thiazole rings is 1. The monoisotopic (exact) mass is 326 g/mol. The van der Waals surface area contributed by atoms with Gasteiger partial charge in [-0.25, -0.2) is 4.98 Å². The maximum Gasteiger partial charge on any atom is 0.416 e. The molecule has 1 aromatic carbocycles. The molecule has 0 aliphatic heterocycles. The molecule has 1 N–H and O–H groups in total. The molecule has 3 nitrogen and oxygen atoms in total. The van der Waals surface area contributed by atoms with Gasteiger partial charge in [0.2, 0.25) is 5.91 Å². The van der Waals surface area contributed by atoms with Crippen LogP contribution in [0.1, 0.15) is 18.9 Å². The zero-order valence-electron chi connectivity index (χ0n) is 11.6. The van der Waals surface area contributed by atoms with Crippen molar-refractivity contribution < 1.29 is 18.0 Å². The van der Waals surface area contributed by atoms with Crippen molar-refractivity contribution in [2.75, 3.05) is 5.32 Å². The first-order valence-electron chi connectivity index (χ1n) is 6.78. The number of nitrogens with one attached hydrogen (secondary N) is 1. The van der Waals surface area contributed by atoms with Gasteiger partial charge in [0.05, 0.1) is 11.3 Å². The molecule has 7 heteroatoms. The van der Waals surface area contributed by atoms with Gasteiger partial charge in [-0.2, -0.15) is 13.2 Å². The number of nitrogens with zero attached hydrogens (tertiary/aromatic N) is 1. The average molecular weight is 326 g/mol. The first-order valence-corrected chi connectivity index (χ1v) is 7.66. The Morgan fingerprint density at radius 2 is 2.14 bits per heavy atom. The van der Waals surface area contributed by atoms with Crippen LogP contribution in [0.4, 0.5) is 18.3 Å². The van der Waals surface area contributed by atoms with Crippen LogP contribution in [0, 0.1) is 11.8 Å². The van der Waals surface area contributed by atoms with Crippen molar-refractivity contribution in [2.24, 2.45) is 11.8 Å². The standard InChI is InChI=1S/C15H13F3N2OS/c1-8-5-11(8)13(21)20-14-19-12(7-22-14)9-3-2-4-10(6-9)15(16,17)18/h2-4,6-8,11H,5H2,1H3,(H,19,20,21)/t8-,11-/m1/s1. The van der Waals surface area contributed by atoms with Gasteiger partial charge in [-0.15, -0.1) is 11.3 Å². The van der Waals surface area contributed by atoms with Crippen molar-refractivity contribution in [3.8, 4) is 11.3 Å². The molecule has 1 aromatic heterocycles. The third-order valence-electron chi connectivity index (χ3n) is 3.67. The Morgan fingerprint density at radius 1 is 1.41 bits per heavy atom. The molecule has 1 aliphatic carbocycles. The van der Waals surface area contributed by atoms with E-state index in [2.05, 4.69) is 10.3 Å².